The summed E-state index contributed by atoms with van der Waals surface area (Å²) >= 11 is 0. The van der Waals surface area contributed by atoms with Crippen molar-refractivity contribution in [3.63, 3.8) is 0 Å². The van der Waals surface area contributed by atoms with E-state index in [1.54, 1.807) is 24.3 Å². The molecule has 1 aromatic carbocycles. The van der Waals surface area contributed by atoms with E-state index in [2.05, 4.69) is 0 Å². The molecule has 1 aromatic rings. The second kappa shape index (κ2) is 5.63. The van der Waals surface area contributed by atoms with Crippen LogP contribution in [-0.2, 0) is 20.4 Å². The number of hydrogen-bond donors (Lipinski definition) is 0. The number of carbonyl (C=O) groups excluding carboxylic acids is 1. The normalized spacial score (nSPS) is 12.1. The van der Waals surface area contributed by atoms with Crippen molar-refractivity contribution >= 4 is 16.7 Å². The zero-order chi connectivity index (χ0) is 11.3. The van der Waals surface area contributed by atoms with Crippen molar-refractivity contribution < 1.29 is 13.8 Å². The minimum atomic E-state index is -1.31. The summed E-state index contributed by atoms with van der Waals surface area (Å²) in [5.41, 5.74) is 0. The van der Waals surface area contributed by atoms with Crippen molar-refractivity contribution in [3.8, 4) is 0 Å². The maximum Gasteiger partial charge on any atom is 0.258 e. The number of hydroxylamine groups is 2. The molecule has 0 spiro atoms. The Labute approximate surface area is 91.3 Å². The average Bonchev–Trinajstić information content (AvgIpc) is 2.29. The van der Waals surface area contributed by atoms with Crippen LogP contribution in [0.1, 0.15) is 0 Å². The van der Waals surface area contributed by atoms with Gasteiger partial charge in [-0.05, 0) is 12.1 Å². The molecule has 4 nitrogen and oxygen atoms in total. The molecule has 0 bridgehead atoms. The lowest BCUT2D eigenvalue weighted by atomic mass is 10.4. The van der Waals surface area contributed by atoms with E-state index in [9.17, 15) is 9.00 Å². The van der Waals surface area contributed by atoms with E-state index >= 15 is 0 Å². The number of nitrogens with zero attached hydrogens (tertiary/aromatic N) is 1. The van der Waals surface area contributed by atoms with Crippen molar-refractivity contribution in [1.29, 1.82) is 0 Å². The lowest BCUT2D eigenvalue weighted by Crippen LogP contribution is -2.29. The van der Waals surface area contributed by atoms with Crippen LogP contribution >= 0.6 is 0 Å². The largest absolute Gasteiger partial charge is 0.275 e. The Hall–Kier alpha value is -1.20. The summed E-state index contributed by atoms with van der Waals surface area (Å²) in [6.45, 7) is 0. The van der Waals surface area contributed by atoms with Crippen molar-refractivity contribution in [3.05, 3.63) is 30.3 Å². The van der Waals surface area contributed by atoms with Gasteiger partial charge in [-0.25, -0.2) is 5.06 Å². The van der Waals surface area contributed by atoms with Gasteiger partial charge in [0, 0.05) is 11.9 Å². The van der Waals surface area contributed by atoms with Gasteiger partial charge in [-0.3, -0.25) is 13.8 Å². The number of amides is 1. The molecule has 15 heavy (non-hydrogen) atoms. The molecule has 0 aliphatic rings. The average molecular weight is 227 g/mol. The van der Waals surface area contributed by atoms with Gasteiger partial charge in [0.15, 0.2) is 0 Å². The van der Waals surface area contributed by atoms with Crippen LogP contribution in [0.3, 0.4) is 0 Å². The van der Waals surface area contributed by atoms with Crippen LogP contribution < -0.4 is 0 Å². The van der Waals surface area contributed by atoms with Gasteiger partial charge in [-0.2, -0.15) is 0 Å². The van der Waals surface area contributed by atoms with Crippen LogP contribution in [0.4, 0.5) is 0 Å². The van der Waals surface area contributed by atoms with Gasteiger partial charge in [-0.1, -0.05) is 18.2 Å². The Morgan fingerprint density at radius 3 is 2.53 bits per heavy atom. The van der Waals surface area contributed by atoms with Gasteiger partial charge in [0.25, 0.3) is 5.91 Å². The highest BCUT2D eigenvalue weighted by molar-refractivity contribution is 7.85. The standard InChI is InChI=1S/C10H13NO3S/c1-11(14-2)10(12)8-15(13)9-6-4-3-5-7-9/h3-7H,8H2,1-2H3. The first-order valence-electron chi connectivity index (χ1n) is 4.39. The molecule has 82 valence electrons. The summed E-state index contributed by atoms with van der Waals surface area (Å²) in [5, 5.41) is 1.07. The first-order chi connectivity index (χ1) is 7.15. The summed E-state index contributed by atoms with van der Waals surface area (Å²) in [7, 11) is 1.58. The van der Waals surface area contributed by atoms with Crippen LogP contribution in [0.15, 0.2) is 35.2 Å². The molecule has 1 unspecified atom stereocenters. The Bertz CT molecular complexity index is 353. The third kappa shape index (κ3) is 3.45. The second-order valence-corrected chi connectivity index (χ2v) is 4.33. The van der Waals surface area contributed by atoms with E-state index in [-0.39, 0.29) is 11.7 Å². The third-order valence-corrected chi connectivity index (χ3v) is 3.19. The molecular formula is C10H13NO3S. The molecule has 1 atom stereocenters. The van der Waals surface area contributed by atoms with E-state index < -0.39 is 10.8 Å². The molecule has 1 rings (SSSR count). The second-order valence-electron chi connectivity index (χ2n) is 2.88. The smallest absolute Gasteiger partial charge is 0.258 e. The first kappa shape index (κ1) is 11.9. The fraction of sp³-hybridized carbons (Fsp3) is 0.300. The summed E-state index contributed by atoms with van der Waals surface area (Å²) in [6.07, 6.45) is 0. The SMILES string of the molecule is CON(C)C(=O)CS(=O)c1ccccc1. The zero-order valence-corrected chi connectivity index (χ0v) is 9.49. The molecule has 0 heterocycles. The fourth-order valence-corrected chi connectivity index (χ4v) is 1.99. The summed E-state index contributed by atoms with van der Waals surface area (Å²) in [5.74, 6) is -0.367. The number of hydrogen-bond acceptors (Lipinski definition) is 3. The predicted molar refractivity (Wildman–Crippen MR) is 57.5 cm³/mol. The van der Waals surface area contributed by atoms with Crippen LogP contribution in [-0.4, -0.2) is 35.1 Å². The number of benzene rings is 1. The van der Waals surface area contributed by atoms with Crippen LogP contribution in [0.5, 0.6) is 0 Å². The maximum absolute atomic E-state index is 11.7. The number of carbonyl (C=O) groups is 1. The minimum absolute atomic E-state index is 0.0612. The zero-order valence-electron chi connectivity index (χ0n) is 8.67. The highest BCUT2D eigenvalue weighted by atomic mass is 32.2. The Kier molecular flexibility index (Phi) is 4.45. The number of rotatable bonds is 4. The molecule has 0 saturated heterocycles. The lowest BCUT2D eigenvalue weighted by molar-refractivity contribution is -0.165. The maximum atomic E-state index is 11.7. The third-order valence-electron chi connectivity index (χ3n) is 1.89. The summed E-state index contributed by atoms with van der Waals surface area (Å²) in [4.78, 5) is 16.7. The van der Waals surface area contributed by atoms with E-state index in [1.807, 2.05) is 6.07 Å². The van der Waals surface area contributed by atoms with Crippen LogP contribution in [0.25, 0.3) is 0 Å². The van der Waals surface area contributed by atoms with E-state index in [1.165, 1.54) is 14.2 Å². The van der Waals surface area contributed by atoms with E-state index in [0.717, 1.165) is 5.06 Å². The van der Waals surface area contributed by atoms with Gasteiger partial charge in [0.2, 0.25) is 0 Å². The first-order valence-corrected chi connectivity index (χ1v) is 5.71. The Balaban J connectivity index is 2.61. The Morgan fingerprint density at radius 2 is 2.00 bits per heavy atom. The molecule has 0 aromatic heterocycles. The Morgan fingerprint density at radius 1 is 1.40 bits per heavy atom. The molecule has 5 heteroatoms. The molecule has 0 radical (unpaired) electrons. The highest BCUT2D eigenvalue weighted by Gasteiger charge is 2.13. The quantitative estimate of drug-likeness (QED) is 0.715. The topological polar surface area (TPSA) is 46.6 Å². The molecule has 0 aliphatic heterocycles. The van der Waals surface area contributed by atoms with Gasteiger partial charge in [-0.15, -0.1) is 0 Å². The summed E-state index contributed by atoms with van der Waals surface area (Å²) in [6, 6.07) is 8.88. The molecule has 1 amide bonds. The molecular weight excluding hydrogens is 214 g/mol. The molecule has 0 aliphatic carbocycles. The van der Waals surface area contributed by atoms with Gasteiger partial charge < -0.3 is 0 Å². The summed E-state index contributed by atoms with van der Waals surface area (Å²) < 4.78 is 11.7. The lowest BCUT2D eigenvalue weighted by Gasteiger charge is -2.12. The van der Waals surface area contributed by atoms with Crippen molar-refractivity contribution in [2.45, 2.75) is 4.90 Å². The molecule has 0 fully saturated rings. The van der Waals surface area contributed by atoms with E-state index in [0.29, 0.717) is 4.90 Å². The van der Waals surface area contributed by atoms with Crippen molar-refractivity contribution in [2.75, 3.05) is 19.9 Å². The molecule has 0 N–H and O–H groups in total. The molecule has 0 saturated carbocycles. The van der Waals surface area contributed by atoms with Crippen molar-refractivity contribution in [2.24, 2.45) is 0 Å². The van der Waals surface area contributed by atoms with Crippen molar-refractivity contribution in [1.82, 2.24) is 5.06 Å². The van der Waals surface area contributed by atoms with Crippen LogP contribution in [0.2, 0.25) is 0 Å². The van der Waals surface area contributed by atoms with Gasteiger partial charge in [0.05, 0.1) is 17.9 Å². The highest BCUT2D eigenvalue weighted by Crippen LogP contribution is 2.05. The van der Waals surface area contributed by atoms with Gasteiger partial charge in [0.1, 0.15) is 5.75 Å². The van der Waals surface area contributed by atoms with Crippen LogP contribution in [0, 0.1) is 0 Å². The minimum Gasteiger partial charge on any atom is -0.275 e. The fourth-order valence-electron chi connectivity index (χ4n) is 0.960. The van der Waals surface area contributed by atoms with E-state index in [4.69, 9.17) is 4.84 Å². The monoisotopic (exact) mass is 227 g/mol. The predicted octanol–water partition coefficient (Wildman–Crippen LogP) is 0.814. The van der Waals surface area contributed by atoms with Gasteiger partial charge >= 0.3 is 0 Å².